The first-order chi connectivity index (χ1) is 16.6. The first-order valence-corrected chi connectivity index (χ1v) is 10.8. The number of carbonyl (C=O) groups is 2. The van der Waals surface area contributed by atoms with Gasteiger partial charge in [-0.25, -0.2) is 0 Å². The minimum atomic E-state index is -0.637. The quantitative estimate of drug-likeness (QED) is 0.377. The van der Waals surface area contributed by atoms with Gasteiger partial charge in [-0.3, -0.25) is 9.59 Å². The molecular formula is C26H24N4O4. The number of amides is 2. The summed E-state index contributed by atoms with van der Waals surface area (Å²) in [7, 11) is 1.54. The maximum atomic E-state index is 12.2. The molecule has 2 amide bonds. The van der Waals surface area contributed by atoms with Crippen molar-refractivity contribution in [3.8, 4) is 11.6 Å². The summed E-state index contributed by atoms with van der Waals surface area (Å²) in [6, 6.07) is 23.9. The molecule has 4 rings (SSSR count). The molecule has 0 atom stereocenters. The van der Waals surface area contributed by atoms with Crippen LogP contribution in [0.5, 0.6) is 11.6 Å². The molecule has 0 saturated carbocycles. The van der Waals surface area contributed by atoms with Crippen LogP contribution in [0.1, 0.15) is 15.9 Å². The highest BCUT2D eigenvalue weighted by Gasteiger charge is 2.17. The van der Waals surface area contributed by atoms with Crippen LogP contribution in [0.4, 0.5) is 5.69 Å². The fourth-order valence-electron chi connectivity index (χ4n) is 3.62. The fourth-order valence-corrected chi connectivity index (χ4v) is 3.62. The first-order valence-electron chi connectivity index (χ1n) is 10.8. The van der Waals surface area contributed by atoms with Crippen molar-refractivity contribution in [3.05, 3.63) is 90.0 Å². The van der Waals surface area contributed by atoms with Gasteiger partial charge >= 0.3 is 0 Å². The number of rotatable bonds is 8. The normalized spacial score (nSPS) is 11.1. The van der Waals surface area contributed by atoms with Crippen LogP contribution in [0.2, 0.25) is 0 Å². The van der Waals surface area contributed by atoms with Crippen LogP contribution >= 0.6 is 0 Å². The highest BCUT2D eigenvalue weighted by atomic mass is 16.5. The number of azo groups is 1. The third kappa shape index (κ3) is 5.12. The number of ether oxygens (including phenoxy) is 1. The van der Waals surface area contributed by atoms with E-state index in [1.807, 2.05) is 54.6 Å². The lowest BCUT2D eigenvalue weighted by Gasteiger charge is -2.07. The summed E-state index contributed by atoms with van der Waals surface area (Å²) in [4.78, 5) is 24.5. The van der Waals surface area contributed by atoms with Crippen molar-refractivity contribution < 1.29 is 19.4 Å². The van der Waals surface area contributed by atoms with Gasteiger partial charge in [0.15, 0.2) is 5.69 Å². The number of aromatic nitrogens is 1. The fraction of sp³-hybridized carbons (Fsp3) is 0.154. The molecule has 0 unspecified atom stereocenters. The van der Waals surface area contributed by atoms with Crippen molar-refractivity contribution in [3.63, 3.8) is 0 Å². The third-order valence-electron chi connectivity index (χ3n) is 5.40. The summed E-state index contributed by atoms with van der Waals surface area (Å²) < 4.78 is 6.82. The molecule has 8 heteroatoms. The Morgan fingerprint density at radius 3 is 2.41 bits per heavy atom. The zero-order chi connectivity index (χ0) is 23.9. The van der Waals surface area contributed by atoms with Gasteiger partial charge in [0.2, 0.25) is 5.88 Å². The lowest BCUT2D eigenvalue weighted by molar-refractivity contribution is -0.117. The topological polar surface area (TPSA) is 105 Å². The molecule has 0 bridgehead atoms. The van der Waals surface area contributed by atoms with Gasteiger partial charge in [0, 0.05) is 17.5 Å². The maximum absolute atomic E-state index is 12.2. The van der Waals surface area contributed by atoms with E-state index < -0.39 is 11.8 Å². The van der Waals surface area contributed by atoms with Gasteiger partial charge in [-0.2, -0.15) is 0 Å². The second-order valence-electron chi connectivity index (χ2n) is 7.58. The van der Waals surface area contributed by atoms with Gasteiger partial charge in [-0.1, -0.05) is 48.5 Å². The zero-order valence-corrected chi connectivity index (χ0v) is 18.6. The van der Waals surface area contributed by atoms with E-state index in [1.165, 1.54) is 7.11 Å². The zero-order valence-electron chi connectivity index (χ0n) is 18.6. The van der Waals surface area contributed by atoms with Crippen molar-refractivity contribution >= 4 is 28.4 Å². The number of carbonyl (C=O) groups excluding carboxylic acids is 2. The Hall–Kier alpha value is -4.46. The van der Waals surface area contributed by atoms with E-state index in [-0.39, 0.29) is 18.1 Å². The van der Waals surface area contributed by atoms with E-state index in [1.54, 1.807) is 28.8 Å². The standard InChI is InChI=1S/C26H24N4O4/c1-34-20-13-11-19(12-14-20)25(32)27-17-23(31)28-29-24-21-9-5-6-10-22(21)30(26(24)33)16-15-18-7-3-2-4-8-18/h2-14,33H,15-17H2,1H3,(H,27,32). The van der Waals surface area contributed by atoms with E-state index >= 15 is 0 Å². The van der Waals surface area contributed by atoms with E-state index in [0.717, 1.165) is 17.5 Å². The Morgan fingerprint density at radius 2 is 1.68 bits per heavy atom. The number of nitrogens with zero attached hydrogens (tertiary/aromatic N) is 3. The highest BCUT2D eigenvalue weighted by Crippen LogP contribution is 2.38. The van der Waals surface area contributed by atoms with Crippen molar-refractivity contribution in [1.29, 1.82) is 0 Å². The molecule has 4 aromatic rings. The molecule has 0 fully saturated rings. The summed E-state index contributed by atoms with van der Waals surface area (Å²) in [5.41, 5.74) is 2.55. The van der Waals surface area contributed by atoms with Gasteiger partial charge in [0.1, 0.15) is 12.3 Å². The SMILES string of the molecule is COc1ccc(C(=O)NCC(=O)N=Nc2c(O)n(CCc3ccccc3)c3ccccc23)cc1. The van der Waals surface area contributed by atoms with E-state index in [0.29, 0.717) is 23.2 Å². The molecule has 2 N–H and O–H groups in total. The number of fused-ring (bicyclic) bond motifs is 1. The molecule has 8 nitrogen and oxygen atoms in total. The second-order valence-corrected chi connectivity index (χ2v) is 7.58. The predicted molar refractivity (Wildman–Crippen MR) is 129 cm³/mol. The minimum absolute atomic E-state index is 0.0593. The lowest BCUT2D eigenvalue weighted by Crippen LogP contribution is -2.28. The van der Waals surface area contributed by atoms with E-state index in [4.69, 9.17) is 4.74 Å². The number of hydrogen-bond acceptors (Lipinski definition) is 5. The van der Waals surface area contributed by atoms with Gasteiger partial charge < -0.3 is 19.7 Å². The number of aromatic hydroxyl groups is 1. The van der Waals surface area contributed by atoms with Crippen LogP contribution < -0.4 is 10.1 Å². The lowest BCUT2D eigenvalue weighted by atomic mass is 10.1. The summed E-state index contributed by atoms with van der Waals surface area (Å²) in [6.45, 7) is 0.222. The van der Waals surface area contributed by atoms with Crippen LogP contribution in [0.3, 0.4) is 0 Å². The molecule has 0 saturated heterocycles. The van der Waals surface area contributed by atoms with Crippen LogP contribution in [0.25, 0.3) is 10.9 Å². The molecule has 1 heterocycles. The Balaban J connectivity index is 1.45. The number of benzene rings is 3. The van der Waals surface area contributed by atoms with Crippen molar-refractivity contribution in [2.24, 2.45) is 10.2 Å². The Bertz CT molecular complexity index is 1330. The molecule has 1 aromatic heterocycles. The first kappa shape index (κ1) is 22.7. The van der Waals surface area contributed by atoms with E-state index in [9.17, 15) is 14.7 Å². The number of para-hydroxylation sites is 1. The van der Waals surface area contributed by atoms with Crippen molar-refractivity contribution in [2.75, 3.05) is 13.7 Å². The largest absolute Gasteiger partial charge is 0.497 e. The molecule has 34 heavy (non-hydrogen) atoms. The molecule has 0 aliphatic carbocycles. The monoisotopic (exact) mass is 456 g/mol. The second kappa shape index (κ2) is 10.4. The van der Waals surface area contributed by atoms with Gasteiger partial charge in [-0.05, 0) is 42.3 Å². The van der Waals surface area contributed by atoms with Crippen molar-refractivity contribution in [2.45, 2.75) is 13.0 Å². The number of aryl methyl sites for hydroxylation is 2. The molecule has 0 aliphatic rings. The molecule has 172 valence electrons. The molecule has 0 spiro atoms. The van der Waals surface area contributed by atoms with Gasteiger partial charge in [-0.15, -0.1) is 10.2 Å². The summed E-state index contributed by atoms with van der Waals surface area (Å²) in [5, 5.41) is 21.8. The number of hydrogen-bond donors (Lipinski definition) is 2. The molecule has 0 aliphatic heterocycles. The smallest absolute Gasteiger partial charge is 0.283 e. The molecule has 3 aromatic carbocycles. The average molecular weight is 457 g/mol. The van der Waals surface area contributed by atoms with E-state index in [2.05, 4.69) is 15.5 Å². The average Bonchev–Trinajstić information content (AvgIpc) is 3.15. The van der Waals surface area contributed by atoms with Crippen molar-refractivity contribution in [1.82, 2.24) is 9.88 Å². The summed E-state index contributed by atoms with van der Waals surface area (Å²) >= 11 is 0. The summed E-state index contributed by atoms with van der Waals surface area (Å²) in [5.74, 6) is -0.478. The number of nitrogens with one attached hydrogen (secondary N) is 1. The molecule has 0 radical (unpaired) electrons. The predicted octanol–water partition coefficient (Wildman–Crippen LogP) is 4.64. The van der Waals surface area contributed by atoms with Gasteiger partial charge in [0.05, 0.1) is 12.6 Å². The minimum Gasteiger partial charge on any atom is -0.497 e. The van der Waals surface area contributed by atoms with Crippen LogP contribution in [-0.2, 0) is 17.8 Å². The van der Waals surface area contributed by atoms with Crippen LogP contribution in [0.15, 0.2) is 89.1 Å². The highest BCUT2D eigenvalue weighted by molar-refractivity contribution is 5.97. The Labute approximate surface area is 196 Å². The molecular weight excluding hydrogens is 432 g/mol. The Morgan fingerprint density at radius 1 is 0.971 bits per heavy atom. The Kier molecular flexibility index (Phi) is 6.98. The van der Waals surface area contributed by atoms with Crippen LogP contribution in [-0.4, -0.2) is 35.1 Å². The van der Waals surface area contributed by atoms with Crippen LogP contribution in [0, 0.1) is 0 Å². The third-order valence-corrected chi connectivity index (χ3v) is 5.40. The number of methoxy groups -OCH3 is 1. The van der Waals surface area contributed by atoms with Gasteiger partial charge in [0.25, 0.3) is 11.8 Å². The maximum Gasteiger partial charge on any atom is 0.283 e. The summed E-state index contributed by atoms with van der Waals surface area (Å²) in [6.07, 6.45) is 0.722.